The Morgan fingerprint density at radius 2 is 1.90 bits per heavy atom. The first-order valence-corrected chi connectivity index (χ1v) is 9.84. The molecular weight excluding hydrogens is 416 g/mol. The fraction of sp³-hybridized carbons (Fsp3) is 0.350. The minimum atomic E-state index is -3.12. The molecule has 2 saturated heterocycles. The van der Waals surface area contributed by atoms with Gasteiger partial charge in [-0.25, -0.2) is 4.79 Å². The van der Waals surface area contributed by atoms with Gasteiger partial charge in [0, 0.05) is 24.3 Å². The fourth-order valence-electron chi connectivity index (χ4n) is 2.96. The summed E-state index contributed by atoms with van der Waals surface area (Å²) in [6, 6.07) is 8.63. The van der Waals surface area contributed by atoms with Crippen LogP contribution in [0.4, 0.5) is 16.2 Å². The zero-order valence-corrected chi connectivity index (χ0v) is 16.5. The van der Waals surface area contributed by atoms with E-state index in [9.17, 15) is 14.4 Å². The molecule has 2 aliphatic heterocycles. The van der Waals surface area contributed by atoms with E-state index < -0.39 is 37.7 Å². The maximum atomic E-state index is 12.5. The Morgan fingerprint density at radius 3 is 2.59 bits per heavy atom. The lowest BCUT2D eigenvalue weighted by Crippen LogP contribution is -2.41. The number of cyclic esters (lactones) is 1. The van der Waals surface area contributed by atoms with Gasteiger partial charge in [0.1, 0.15) is 12.7 Å². The second-order valence-electron chi connectivity index (χ2n) is 6.26. The second-order valence-corrected chi connectivity index (χ2v) is 7.97. The van der Waals surface area contributed by atoms with Gasteiger partial charge < -0.3 is 14.4 Å². The lowest BCUT2D eigenvalue weighted by Gasteiger charge is -2.27. The molecule has 2 aromatic rings. The van der Waals surface area contributed by atoms with Gasteiger partial charge in [0.15, 0.2) is 5.78 Å². The number of anilines is 2. The Morgan fingerprint density at radius 1 is 1.17 bits per heavy atom. The molecule has 152 valence electrons. The van der Waals surface area contributed by atoms with E-state index in [0.717, 1.165) is 0 Å². The molecule has 0 N–H and O–H groups in total. The number of ketones is 1. The van der Waals surface area contributed by atoms with Crippen LogP contribution >= 0.6 is 22.9 Å². The summed E-state index contributed by atoms with van der Waals surface area (Å²) < 4.78 is 57.1. The van der Waals surface area contributed by atoms with Crippen molar-refractivity contribution < 1.29 is 32.1 Å². The normalized spacial score (nSPS) is 27.8. The van der Waals surface area contributed by atoms with E-state index in [0.29, 0.717) is 26.2 Å². The van der Waals surface area contributed by atoms with Crippen LogP contribution in [0, 0.1) is 0 Å². The van der Waals surface area contributed by atoms with E-state index in [4.69, 9.17) is 24.6 Å². The van der Waals surface area contributed by atoms with Gasteiger partial charge in [-0.3, -0.25) is 14.5 Å². The van der Waals surface area contributed by atoms with Crippen LogP contribution in [-0.2, 0) is 14.3 Å². The van der Waals surface area contributed by atoms with Crippen molar-refractivity contribution in [3.63, 3.8) is 0 Å². The first kappa shape index (κ1) is 13.7. The van der Waals surface area contributed by atoms with E-state index in [1.54, 1.807) is 12.1 Å². The highest BCUT2D eigenvalue weighted by atomic mass is 35.5. The molecular formula is C20H19ClN2O5S. The number of carbonyl (C=O) groups is 3. The summed E-state index contributed by atoms with van der Waals surface area (Å²) in [6.45, 7) is -9.04. The summed E-state index contributed by atoms with van der Waals surface area (Å²) >= 11 is 7.03. The number of nitrogens with zero attached hydrogens (tertiary/aromatic N) is 2. The molecule has 9 heteroatoms. The third kappa shape index (κ3) is 4.44. The SMILES string of the molecule is [2H]C1([2H])OC([2H])([2H])C([2H])([2H])N(c2ccc(N3C[C@H](CCC(=O)c4ccc(Cl)s4)OC3=O)cc2)C1=O. The van der Waals surface area contributed by atoms with Crippen molar-refractivity contribution in [2.24, 2.45) is 0 Å². The van der Waals surface area contributed by atoms with Gasteiger partial charge in [-0.2, -0.15) is 0 Å². The van der Waals surface area contributed by atoms with Crippen molar-refractivity contribution in [1.29, 1.82) is 0 Å². The number of morpholine rings is 1. The van der Waals surface area contributed by atoms with Crippen molar-refractivity contribution in [3.8, 4) is 0 Å². The minimum absolute atomic E-state index is 0.107. The summed E-state index contributed by atoms with van der Waals surface area (Å²) in [4.78, 5) is 39.4. The van der Waals surface area contributed by atoms with Gasteiger partial charge in [0.05, 0.1) is 30.5 Å². The molecule has 0 bridgehead atoms. The molecule has 2 amide bonds. The number of carbonyl (C=O) groups excluding carboxylic acids is 3. The number of ether oxygens (including phenoxy) is 2. The van der Waals surface area contributed by atoms with Crippen molar-refractivity contribution in [1.82, 2.24) is 0 Å². The predicted molar refractivity (Wildman–Crippen MR) is 110 cm³/mol. The molecule has 0 aliphatic carbocycles. The molecule has 3 heterocycles. The van der Waals surface area contributed by atoms with Crippen LogP contribution in [0.25, 0.3) is 0 Å². The van der Waals surface area contributed by atoms with Gasteiger partial charge in [-0.05, 0) is 42.8 Å². The number of benzene rings is 1. The molecule has 0 saturated carbocycles. The Bertz CT molecular complexity index is 1180. The zero-order valence-electron chi connectivity index (χ0n) is 20.9. The molecule has 1 aromatic carbocycles. The van der Waals surface area contributed by atoms with E-state index in [-0.39, 0.29) is 24.4 Å². The number of hydrogen-bond acceptors (Lipinski definition) is 6. The standard InChI is InChI=1S/C20H19ClN2O5S/c21-18-8-7-17(29-18)16(24)6-5-15-11-23(20(26)28-15)14-3-1-13(2-4-14)22-9-10-27-12-19(22)25/h1-4,7-8,15H,5-6,9-12H2/t15-/m0/s1/i9D2,10D2,12D2. The van der Waals surface area contributed by atoms with Crippen molar-refractivity contribution in [2.75, 3.05) is 36.0 Å². The lowest BCUT2D eigenvalue weighted by molar-refractivity contribution is -0.125. The number of thiophene rings is 1. The Labute approximate surface area is 185 Å². The topological polar surface area (TPSA) is 76.2 Å². The highest BCUT2D eigenvalue weighted by molar-refractivity contribution is 7.18. The van der Waals surface area contributed by atoms with Gasteiger partial charge in [0.25, 0.3) is 5.91 Å². The van der Waals surface area contributed by atoms with Crippen LogP contribution in [0.2, 0.25) is 4.34 Å². The van der Waals surface area contributed by atoms with Crippen LogP contribution in [0.5, 0.6) is 0 Å². The molecule has 1 atom stereocenters. The van der Waals surface area contributed by atoms with Crippen LogP contribution in [-0.4, -0.2) is 50.0 Å². The lowest BCUT2D eigenvalue weighted by atomic mass is 10.1. The highest BCUT2D eigenvalue weighted by Gasteiger charge is 2.32. The van der Waals surface area contributed by atoms with Gasteiger partial charge >= 0.3 is 6.09 Å². The largest absolute Gasteiger partial charge is 0.444 e. The fourth-order valence-corrected chi connectivity index (χ4v) is 3.97. The summed E-state index contributed by atoms with van der Waals surface area (Å²) in [5, 5.41) is 0. The Hall–Kier alpha value is -2.42. The maximum Gasteiger partial charge on any atom is 0.414 e. The van der Waals surface area contributed by atoms with Crippen molar-refractivity contribution in [3.05, 3.63) is 45.6 Å². The van der Waals surface area contributed by atoms with E-state index in [2.05, 4.69) is 4.74 Å². The Kier molecular flexibility index (Phi) is 4.04. The molecule has 2 aliphatic rings. The molecule has 7 nitrogen and oxygen atoms in total. The average Bonchev–Trinajstić information content (AvgIpc) is 3.36. The zero-order chi connectivity index (χ0) is 25.8. The van der Waals surface area contributed by atoms with E-state index >= 15 is 0 Å². The molecule has 4 rings (SSSR count). The number of amides is 2. The third-order valence-electron chi connectivity index (χ3n) is 4.38. The Balaban J connectivity index is 1.46. The third-order valence-corrected chi connectivity index (χ3v) is 5.66. The molecule has 1 aromatic heterocycles. The van der Waals surface area contributed by atoms with Crippen molar-refractivity contribution in [2.45, 2.75) is 18.9 Å². The van der Waals surface area contributed by atoms with Crippen LogP contribution < -0.4 is 9.80 Å². The first-order valence-electron chi connectivity index (χ1n) is 11.6. The van der Waals surface area contributed by atoms with Crippen LogP contribution in [0.15, 0.2) is 36.4 Å². The highest BCUT2D eigenvalue weighted by Crippen LogP contribution is 2.28. The number of hydrogen-bond donors (Lipinski definition) is 0. The number of rotatable bonds is 6. The van der Waals surface area contributed by atoms with E-state index in [1.165, 1.54) is 40.5 Å². The van der Waals surface area contributed by atoms with Gasteiger partial charge in [-0.1, -0.05) is 11.6 Å². The monoisotopic (exact) mass is 440 g/mol. The maximum absolute atomic E-state index is 12.5. The minimum Gasteiger partial charge on any atom is -0.444 e. The smallest absolute Gasteiger partial charge is 0.414 e. The molecule has 0 spiro atoms. The molecule has 2 fully saturated rings. The molecule has 0 unspecified atom stereocenters. The van der Waals surface area contributed by atoms with Gasteiger partial charge in [-0.15, -0.1) is 11.3 Å². The van der Waals surface area contributed by atoms with Crippen LogP contribution in [0.1, 0.15) is 30.7 Å². The van der Waals surface area contributed by atoms with E-state index in [1.807, 2.05) is 0 Å². The second kappa shape index (κ2) is 8.52. The van der Waals surface area contributed by atoms with Crippen molar-refractivity contribution >= 4 is 52.1 Å². The van der Waals surface area contributed by atoms with Gasteiger partial charge in [0.2, 0.25) is 0 Å². The summed E-state index contributed by atoms with van der Waals surface area (Å²) in [5.74, 6) is -1.51. The number of Topliss-reactive ketones (excluding diaryl/α,β-unsaturated/α-hetero) is 1. The van der Waals surface area contributed by atoms with Crippen LogP contribution in [0.3, 0.4) is 0 Å². The first-order chi connectivity index (χ1) is 16.2. The molecule has 29 heavy (non-hydrogen) atoms. The average molecular weight is 441 g/mol. The summed E-state index contributed by atoms with van der Waals surface area (Å²) in [7, 11) is 0. The summed E-state index contributed by atoms with van der Waals surface area (Å²) in [5.41, 5.74) is 0.244. The number of halogens is 1. The summed E-state index contributed by atoms with van der Waals surface area (Å²) in [6.07, 6.45) is -0.697. The predicted octanol–water partition coefficient (Wildman–Crippen LogP) is 3.75. The quantitative estimate of drug-likeness (QED) is 0.639. The molecule has 0 radical (unpaired) electrons.